The van der Waals surface area contributed by atoms with Crippen LogP contribution in [0.3, 0.4) is 0 Å². The summed E-state index contributed by atoms with van der Waals surface area (Å²) in [5, 5.41) is 3.03. The lowest BCUT2D eigenvalue weighted by molar-refractivity contribution is -0.122. The molecule has 1 aromatic heterocycles. The van der Waals surface area contributed by atoms with Crippen LogP contribution in [-0.4, -0.2) is 79.5 Å². The van der Waals surface area contributed by atoms with Gasteiger partial charge in [0.15, 0.2) is 0 Å². The summed E-state index contributed by atoms with van der Waals surface area (Å²) >= 11 is 0. The summed E-state index contributed by atoms with van der Waals surface area (Å²) in [7, 11) is 0.634. The molecule has 2 N–H and O–H groups in total. The lowest BCUT2D eigenvalue weighted by atomic mass is 10.0. The number of benzene rings is 1. The van der Waals surface area contributed by atoms with Gasteiger partial charge in [-0.3, -0.25) is 4.79 Å². The van der Waals surface area contributed by atoms with Gasteiger partial charge in [-0.2, -0.15) is 4.31 Å². The highest BCUT2D eigenvalue weighted by molar-refractivity contribution is 7.88. The maximum absolute atomic E-state index is 12.4. The van der Waals surface area contributed by atoms with Crippen molar-refractivity contribution in [2.75, 3.05) is 40.0 Å². The average Bonchev–Trinajstić information content (AvgIpc) is 3.16. The first-order chi connectivity index (χ1) is 12.7. The molecule has 2 heterocycles. The van der Waals surface area contributed by atoms with E-state index in [9.17, 15) is 13.2 Å². The van der Waals surface area contributed by atoms with Crippen molar-refractivity contribution in [2.24, 2.45) is 5.92 Å². The molecule has 3 rings (SSSR count). The molecule has 0 bridgehead atoms. The highest BCUT2D eigenvalue weighted by Crippen LogP contribution is 2.20. The Bertz CT molecular complexity index is 876. The van der Waals surface area contributed by atoms with Gasteiger partial charge in [-0.15, -0.1) is 0 Å². The van der Waals surface area contributed by atoms with Crippen LogP contribution < -0.4 is 5.32 Å². The predicted octanol–water partition coefficient (Wildman–Crippen LogP) is 0.433. The third kappa shape index (κ3) is 5.06. The van der Waals surface area contributed by atoms with Crippen LogP contribution in [0, 0.1) is 5.92 Å². The second-order valence-electron chi connectivity index (χ2n) is 7.48. The fourth-order valence-corrected chi connectivity index (χ4v) is 4.45. The van der Waals surface area contributed by atoms with Gasteiger partial charge in [0.25, 0.3) is 0 Å². The summed E-state index contributed by atoms with van der Waals surface area (Å²) in [5.74, 6) is 0.768. The van der Waals surface area contributed by atoms with Crippen LogP contribution >= 0.6 is 0 Å². The Morgan fingerprint density at radius 2 is 2.07 bits per heavy atom. The van der Waals surface area contributed by atoms with Gasteiger partial charge in [0.2, 0.25) is 15.9 Å². The first-order valence-corrected chi connectivity index (χ1v) is 10.9. The zero-order valence-electron chi connectivity index (χ0n) is 16.0. The van der Waals surface area contributed by atoms with E-state index >= 15 is 0 Å². The zero-order chi connectivity index (χ0) is 19.6. The molecule has 1 aliphatic rings. The van der Waals surface area contributed by atoms with E-state index in [1.165, 1.54) is 10.6 Å². The molecule has 0 radical (unpaired) electrons. The smallest absolute Gasteiger partial charge is 0.220 e. The maximum atomic E-state index is 12.4. The molecule has 1 amide bonds. The van der Waals surface area contributed by atoms with Crippen molar-refractivity contribution in [3.8, 4) is 0 Å². The summed E-state index contributed by atoms with van der Waals surface area (Å²) in [6.45, 7) is 1.49. The van der Waals surface area contributed by atoms with E-state index in [1.807, 2.05) is 43.3 Å². The molecule has 1 fully saturated rings. The van der Waals surface area contributed by atoms with Crippen LogP contribution in [0.4, 0.5) is 0 Å². The number of para-hydroxylation sites is 2. The Morgan fingerprint density at radius 1 is 1.33 bits per heavy atom. The third-order valence-electron chi connectivity index (χ3n) is 4.85. The first kappa shape index (κ1) is 19.8. The molecule has 1 saturated heterocycles. The molecular formula is C18H27N5O3S. The maximum Gasteiger partial charge on any atom is 0.220 e. The van der Waals surface area contributed by atoms with Crippen molar-refractivity contribution in [1.82, 2.24) is 24.5 Å². The Balaban J connectivity index is 1.59. The van der Waals surface area contributed by atoms with E-state index in [4.69, 9.17) is 0 Å². The van der Waals surface area contributed by atoms with Crippen LogP contribution in [0.15, 0.2) is 24.3 Å². The number of hydrogen-bond acceptors (Lipinski definition) is 5. The van der Waals surface area contributed by atoms with Gasteiger partial charge in [-0.25, -0.2) is 13.4 Å². The molecule has 2 aromatic rings. The quantitative estimate of drug-likeness (QED) is 0.711. The molecule has 8 nitrogen and oxygen atoms in total. The zero-order valence-corrected chi connectivity index (χ0v) is 16.8. The number of nitrogens with one attached hydrogen (secondary N) is 2. The average molecular weight is 394 g/mol. The molecule has 148 valence electrons. The first-order valence-electron chi connectivity index (χ1n) is 9.05. The van der Waals surface area contributed by atoms with Crippen molar-refractivity contribution in [1.29, 1.82) is 0 Å². The van der Waals surface area contributed by atoms with E-state index in [0.29, 0.717) is 25.9 Å². The third-order valence-corrected chi connectivity index (χ3v) is 6.09. The molecule has 9 heteroatoms. The number of carbonyl (C=O) groups excluding carboxylic acids is 1. The Kier molecular flexibility index (Phi) is 5.83. The number of aryl methyl sites for hydroxylation is 1. The molecule has 0 aliphatic carbocycles. The largest absolute Gasteiger partial charge is 0.352 e. The number of hydrogen-bond donors (Lipinski definition) is 2. The van der Waals surface area contributed by atoms with E-state index < -0.39 is 10.0 Å². The minimum atomic E-state index is -3.26. The fraction of sp³-hybridized carbons (Fsp3) is 0.556. The van der Waals surface area contributed by atoms with Gasteiger partial charge < -0.3 is 15.2 Å². The monoisotopic (exact) mass is 393 g/mol. The normalized spacial score (nSPS) is 21.2. The summed E-state index contributed by atoms with van der Waals surface area (Å²) in [6.07, 6.45) is 2.04. The number of aromatic nitrogens is 2. The van der Waals surface area contributed by atoms with Crippen molar-refractivity contribution in [3.05, 3.63) is 30.1 Å². The second kappa shape index (κ2) is 7.95. The Labute approximate surface area is 160 Å². The van der Waals surface area contributed by atoms with Crippen molar-refractivity contribution >= 4 is 27.0 Å². The number of nitrogens with zero attached hydrogens (tertiary/aromatic N) is 3. The van der Waals surface area contributed by atoms with Gasteiger partial charge in [0.1, 0.15) is 5.82 Å². The number of aromatic amines is 1. The van der Waals surface area contributed by atoms with Gasteiger partial charge in [0.05, 0.1) is 17.3 Å². The molecule has 0 saturated carbocycles. The van der Waals surface area contributed by atoms with E-state index in [1.54, 1.807) is 0 Å². The molecule has 1 aromatic carbocycles. The van der Waals surface area contributed by atoms with Gasteiger partial charge in [-0.1, -0.05) is 12.1 Å². The number of rotatable bonds is 7. The molecule has 2 atom stereocenters. The van der Waals surface area contributed by atoms with Crippen LogP contribution in [0.25, 0.3) is 11.0 Å². The molecule has 0 unspecified atom stereocenters. The van der Waals surface area contributed by atoms with Crippen molar-refractivity contribution in [3.63, 3.8) is 0 Å². The number of sulfonamides is 1. The Morgan fingerprint density at radius 3 is 2.74 bits per heavy atom. The minimum Gasteiger partial charge on any atom is -0.352 e. The number of carbonyl (C=O) groups is 1. The Hall–Kier alpha value is -1.97. The van der Waals surface area contributed by atoms with Gasteiger partial charge >= 0.3 is 0 Å². The molecule has 27 heavy (non-hydrogen) atoms. The van der Waals surface area contributed by atoms with Crippen molar-refractivity contribution < 1.29 is 13.2 Å². The number of H-pyrrole nitrogens is 1. The summed E-state index contributed by atoms with van der Waals surface area (Å²) in [4.78, 5) is 22.2. The van der Waals surface area contributed by atoms with E-state index in [2.05, 4.69) is 15.3 Å². The number of fused-ring (bicyclic) bond motifs is 1. The number of amides is 1. The molecular weight excluding hydrogens is 366 g/mol. The predicted molar refractivity (Wildman–Crippen MR) is 105 cm³/mol. The van der Waals surface area contributed by atoms with Crippen LogP contribution in [0.2, 0.25) is 0 Å². The van der Waals surface area contributed by atoms with Gasteiger partial charge in [0, 0.05) is 44.4 Å². The lowest BCUT2D eigenvalue weighted by Crippen LogP contribution is -2.43. The highest BCUT2D eigenvalue weighted by atomic mass is 32.2. The van der Waals surface area contributed by atoms with E-state index in [-0.39, 0.29) is 17.9 Å². The fourth-order valence-electron chi connectivity index (χ4n) is 3.55. The number of imidazole rings is 1. The summed E-state index contributed by atoms with van der Waals surface area (Å²) in [6, 6.07) is 7.58. The second-order valence-corrected chi connectivity index (χ2v) is 9.46. The van der Waals surface area contributed by atoms with Crippen LogP contribution in [0.5, 0.6) is 0 Å². The van der Waals surface area contributed by atoms with Crippen LogP contribution in [-0.2, 0) is 21.2 Å². The molecule has 0 spiro atoms. The minimum absolute atomic E-state index is 0.0740. The van der Waals surface area contributed by atoms with Crippen molar-refractivity contribution in [2.45, 2.75) is 18.9 Å². The molecule has 1 aliphatic heterocycles. The SMILES string of the molecule is CN(C)C[C@@H]1CN(S(C)(=O)=O)C[C@H]1NC(=O)CCc1nc2ccccc2[nH]1. The summed E-state index contributed by atoms with van der Waals surface area (Å²) in [5.41, 5.74) is 1.84. The van der Waals surface area contributed by atoms with Crippen LogP contribution in [0.1, 0.15) is 12.2 Å². The standard InChI is InChI=1S/C18H27N5O3S/c1-22(2)10-13-11-23(27(3,25)26)12-16(13)21-18(24)9-8-17-19-14-6-4-5-7-15(14)20-17/h4-7,13,16H,8-12H2,1-3H3,(H,19,20)(H,21,24)/t13-,16-/m1/s1. The summed E-state index contributed by atoms with van der Waals surface area (Å²) < 4.78 is 25.2. The van der Waals surface area contributed by atoms with Gasteiger partial charge in [-0.05, 0) is 26.2 Å². The highest BCUT2D eigenvalue weighted by Gasteiger charge is 2.37. The topological polar surface area (TPSA) is 98.4 Å². The van der Waals surface area contributed by atoms with E-state index in [0.717, 1.165) is 23.4 Å². The lowest BCUT2D eigenvalue weighted by Gasteiger charge is -2.22.